The third-order valence-electron chi connectivity index (χ3n) is 3.59. The molecule has 1 aromatic carbocycles. The fourth-order valence-corrected chi connectivity index (χ4v) is 3.03. The fourth-order valence-electron chi connectivity index (χ4n) is 2.49. The van der Waals surface area contributed by atoms with Crippen LogP contribution in [0.2, 0.25) is 0 Å². The summed E-state index contributed by atoms with van der Waals surface area (Å²) in [5.74, 6) is 0.451. The second-order valence-electron chi connectivity index (χ2n) is 5.28. The largest absolute Gasteiger partial charge is 0.462 e. The summed E-state index contributed by atoms with van der Waals surface area (Å²) in [7, 11) is 0. The molecule has 1 saturated carbocycles. The van der Waals surface area contributed by atoms with Gasteiger partial charge in [0.25, 0.3) is 5.22 Å². The minimum Gasteiger partial charge on any atom is -0.462 e. The molecule has 116 valence electrons. The molecule has 0 bridgehead atoms. The molecule has 1 aliphatic carbocycles. The smallest absolute Gasteiger partial charge is 0.316 e. The van der Waals surface area contributed by atoms with Crippen LogP contribution >= 0.6 is 11.8 Å². The average molecular weight is 318 g/mol. The van der Waals surface area contributed by atoms with Gasteiger partial charge in [-0.2, -0.15) is 0 Å². The zero-order chi connectivity index (χ0) is 15.2. The van der Waals surface area contributed by atoms with Gasteiger partial charge >= 0.3 is 5.97 Å². The number of nitrogens with zero attached hydrogens (tertiary/aromatic N) is 2. The summed E-state index contributed by atoms with van der Waals surface area (Å²) in [6.07, 6.45) is 5.59. The van der Waals surface area contributed by atoms with Gasteiger partial charge in [-0.15, -0.1) is 10.2 Å². The van der Waals surface area contributed by atoms with Crippen LogP contribution in [0.5, 0.6) is 0 Å². The number of ether oxygens (including phenoxy) is 1. The summed E-state index contributed by atoms with van der Waals surface area (Å²) in [6.45, 7) is 0. The molecule has 0 unspecified atom stereocenters. The molecule has 3 rings (SSSR count). The number of hydrogen-bond acceptors (Lipinski definition) is 6. The molecule has 1 aliphatic rings. The summed E-state index contributed by atoms with van der Waals surface area (Å²) in [6, 6.07) is 9.55. The molecule has 6 heteroatoms. The minimum atomic E-state index is -0.212. The number of rotatable bonds is 5. The average Bonchev–Trinajstić information content (AvgIpc) is 3.04. The zero-order valence-electron chi connectivity index (χ0n) is 12.2. The van der Waals surface area contributed by atoms with Crippen molar-refractivity contribution in [2.45, 2.75) is 43.4 Å². The van der Waals surface area contributed by atoms with Gasteiger partial charge < -0.3 is 9.15 Å². The molecule has 0 atom stereocenters. The van der Waals surface area contributed by atoms with E-state index >= 15 is 0 Å². The molecule has 2 aromatic rings. The van der Waals surface area contributed by atoms with Gasteiger partial charge in [-0.25, -0.2) is 0 Å². The Kier molecular flexibility index (Phi) is 5.11. The van der Waals surface area contributed by atoms with Crippen LogP contribution in [0.4, 0.5) is 0 Å². The second kappa shape index (κ2) is 7.45. The molecule has 1 aromatic heterocycles. The van der Waals surface area contributed by atoms with Gasteiger partial charge in [-0.05, 0) is 37.8 Å². The van der Waals surface area contributed by atoms with Crippen LogP contribution in [0.15, 0.2) is 40.0 Å². The normalized spacial score (nSPS) is 15.6. The molecule has 0 amide bonds. The first-order valence-electron chi connectivity index (χ1n) is 7.52. The Morgan fingerprint density at radius 3 is 2.73 bits per heavy atom. The zero-order valence-corrected chi connectivity index (χ0v) is 13.1. The Hall–Kier alpha value is -1.82. The molecule has 0 radical (unpaired) electrons. The van der Waals surface area contributed by atoms with Gasteiger partial charge in [0.2, 0.25) is 5.89 Å². The van der Waals surface area contributed by atoms with Crippen molar-refractivity contribution in [3.63, 3.8) is 0 Å². The number of hydrogen-bond donors (Lipinski definition) is 0. The molecule has 0 saturated heterocycles. The van der Waals surface area contributed by atoms with Gasteiger partial charge in [0.1, 0.15) is 11.9 Å². The van der Waals surface area contributed by atoms with E-state index in [0.717, 1.165) is 31.2 Å². The van der Waals surface area contributed by atoms with Crippen molar-refractivity contribution >= 4 is 17.7 Å². The molecule has 1 fully saturated rings. The number of carbonyl (C=O) groups is 1. The standard InChI is InChI=1S/C16H18N2O3S/c19-14(20-13-9-5-2-6-10-13)11-22-16-18-17-15(21-16)12-7-3-1-4-8-12/h1,3-4,7-8,13H,2,5-6,9-11H2. The van der Waals surface area contributed by atoms with Crippen molar-refractivity contribution in [3.05, 3.63) is 30.3 Å². The van der Waals surface area contributed by atoms with E-state index in [1.165, 1.54) is 18.2 Å². The Morgan fingerprint density at radius 1 is 1.18 bits per heavy atom. The predicted molar refractivity (Wildman–Crippen MR) is 83.4 cm³/mol. The summed E-state index contributed by atoms with van der Waals surface area (Å²) in [4.78, 5) is 11.8. The Labute approximate surface area is 133 Å². The molecule has 22 heavy (non-hydrogen) atoms. The van der Waals surface area contributed by atoms with Gasteiger partial charge in [-0.3, -0.25) is 4.79 Å². The first-order chi connectivity index (χ1) is 10.8. The van der Waals surface area contributed by atoms with Crippen LogP contribution < -0.4 is 0 Å². The number of aromatic nitrogens is 2. The van der Waals surface area contributed by atoms with Crippen molar-refractivity contribution in [3.8, 4) is 11.5 Å². The van der Waals surface area contributed by atoms with Crippen LogP contribution in [0.1, 0.15) is 32.1 Å². The fraction of sp³-hybridized carbons (Fsp3) is 0.438. The Bertz CT molecular complexity index is 609. The number of thioether (sulfide) groups is 1. The lowest BCUT2D eigenvalue weighted by Crippen LogP contribution is -2.21. The Balaban J connectivity index is 1.49. The number of esters is 1. The first kappa shape index (κ1) is 15.1. The van der Waals surface area contributed by atoms with E-state index in [4.69, 9.17) is 9.15 Å². The maximum atomic E-state index is 11.8. The SMILES string of the molecule is O=C(CSc1nnc(-c2ccccc2)o1)OC1CCCCC1. The lowest BCUT2D eigenvalue weighted by Gasteiger charge is -2.21. The summed E-state index contributed by atoms with van der Waals surface area (Å²) in [5.41, 5.74) is 0.867. The second-order valence-corrected chi connectivity index (χ2v) is 6.20. The van der Waals surface area contributed by atoms with E-state index in [1.807, 2.05) is 30.3 Å². The lowest BCUT2D eigenvalue weighted by atomic mass is 9.98. The highest BCUT2D eigenvalue weighted by Crippen LogP contribution is 2.24. The third kappa shape index (κ3) is 4.10. The van der Waals surface area contributed by atoms with Crippen LogP contribution in [0.3, 0.4) is 0 Å². The van der Waals surface area contributed by atoms with E-state index in [1.54, 1.807) is 0 Å². The third-order valence-corrected chi connectivity index (χ3v) is 4.38. The lowest BCUT2D eigenvalue weighted by molar-refractivity contribution is -0.147. The highest BCUT2D eigenvalue weighted by molar-refractivity contribution is 7.99. The summed E-state index contributed by atoms with van der Waals surface area (Å²) >= 11 is 1.22. The minimum absolute atomic E-state index is 0.0874. The molecule has 1 heterocycles. The van der Waals surface area contributed by atoms with Crippen LogP contribution in [0.25, 0.3) is 11.5 Å². The molecular formula is C16H18N2O3S. The van der Waals surface area contributed by atoms with E-state index in [-0.39, 0.29) is 17.8 Å². The monoisotopic (exact) mass is 318 g/mol. The van der Waals surface area contributed by atoms with Gasteiger partial charge in [0.05, 0.1) is 0 Å². The van der Waals surface area contributed by atoms with Gasteiger partial charge in [-0.1, -0.05) is 36.4 Å². The van der Waals surface area contributed by atoms with E-state index in [9.17, 15) is 4.79 Å². The first-order valence-corrected chi connectivity index (χ1v) is 8.51. The Morgan fingerprint density at radius 2 is 1.95 bits per heavy atom. The summed E-state index contributed by atoms with van der Waals surface area (Å²) in [5, 5.41) is 8.33. The summed E-state index contributed by atoms with van der Waals surface area (Å²) < 4.78 is 11.0. The van der Waals surface area contributed by atoms with Gasteiger partial charge in [0, 0.05) is 5.56 Å². The highest BCUT2D eigenvalue weighted by atomic mass is 32.2. The van der Waals surface area contributed by atoms with E-state index in [2.05, 4.69) is 10.2 Å². The van der Waals surface area contributed by atoms with Crippen LogP contribution in [0, 0.1) is 0 Å². The van der Waals surface area contributed by atoms with Crippen LogP contribution in [-0.4, -0.2) is 28.0 Å². The van der Waals surface area contributed by atoms with Crippen molar-refractivity contribution in [1.82, 2.24) is 10.2 Å². The molecule has 0 N–H and O–H groups in total. The number of carbonyl (C=O) groups excluding carboxylic acids is 1. The van der Waals surface area contributed by atoms with Crippen molar-refractivity contribution < 1.29 is 13.9 Å². The number of benzene rings is 1. The molecule has 0 aliphatic heterocycles. The highest BCUT2D eigenvalue weighted by Gasteiger charge is 2.18. The predicted octanol–water partition coefficient (Wildman–Crippen LogP) is 3.70. The maximum Gasteiger partial charge on any atom is 0.316 e. The van der Waals surface area contributed by atoms with Gasteiger partial charge in [0.15, 0.2) is 0 Å². The molecular weight excluding hydrogens is 300 g/mol. The maximum absolute atomic E-state index is 11.8. The van der Waals surface area contributed by atoms with Crippen LogP contribution in [-0.2, 0) is 9.53 Å². The molecule has 0 spiro atoms. The van der Waals surface area contributed by atoms with Crippen molar-refractivity contribution in [2.24, 2.45) is 0 Å². The van der Waals surface area contributed by atoms with E-state index in [0.29, 0.717) is 11.1 Å². The van der Waals surface area contributed by atoms with Crippen molar-refractivity contribution in [1.29, 1.82) is 0 Å². The quantitative estimate of drug-likeness (QED) is 0.618. The van der Waals surface area contributed by atoms with Crippen molar-refractivity contribution in [2.75, 3.05) is 5.75 Å². The topological polar surface area (TPSA) is 65.2 Å². The molecule has 5 nitrogen and oxygen atoms in total. The van der Waals surface area contributed by atoms with E-state index < -0.39 is 0 Å².